The summed E-state index contributed by atoms with van der Waals surface area (Å²) in [4.78, 5) is 15.0. The Labute approximate surface area is 214 Å². The lowest BCUT2D eigenvalue weighted by molar-refractivity contribution is 0.102. The van der Waals surface area contributed by atoms with Crippen LogP contribution in [0.1, 0.15) is 15.9 Å². The third-order valence-corrected chi connectivity index (χ3v) is 7.79. The topological polar surface area (TPSA) is 66.5 Å². The first-order chi connectivity index (χ1) is 16.8. The van der Waals surface area contributed by atoms with Crippen LogP contribution in [0.2, 0.25) is 5.02 Å². The predicted octanol–water partition coefficient (Wildman–Crippen LogP) is 6.71. The Kier molecular flexibility index (Phi) is 7.80. The van der Waals surface area contributed by atoms with Gasteiger partial charge in [0.05, 0.1) is 24.2 Å². The second-order valence-electron chi connectivity index (χ2n) is 7.77. The molecule has 0 heterocycles. The number of amides is 1. The van der Waals surface area contributed by atoms with Gasteiger partial charge in [0.15, 0.2) is 0 Å². The summed E-state index contributed by atoms with van der Waals surface area (Å²) in [5.41, 5.74) is 2.25. The van der Waals surface area contributed by atoms with Gasteiger partial charge in [0.2, 0.25) is 10.0 Å². The maximum atomic E-state index is 13.0. The fourth-order valence-corrected chi connectivity index (χ4v) is 5.43. The molecular weight excluding hydrogens is 500 g/mol. The summed E-state index contributed by atoms with van der Waals surface area (Å²) in [5.74, 6) is -0.283. The van der Waals surface area contributed by atoms with Crippen LogP contribution in [-0.4, -0.2) is 20.6 Å². The zero-order chi connectivity index (χ0) is 24.8. The monoisotopic (exact) mass is 522 g/mol. The van der Waals surface area contributed by atoms with E-state index in [1.807, 2.05) is 60.7 Å². The molecule has 0 aliphatic carbocycles. The number of carbonyl (C=O) groups excluding carboxylic acids is 1. The summed E-state index contributed by atoms with van der Waals surface area (Å²) in [7, 11) is -3.58. The van der Waals surface area contributed by atoms with E-state index in [9.17, 15) is 13.2 Å². The number of nitrogens with zero attached hydrogens (tertiary/aromatic N) is 1. The molecule has 1 N–H and O–H groups in total. The smallest absolute Gasteiger partial charge is 0.255 e. The number of sulfonamides is 1. The molecule has 178 valence electrons. The molecule has 0 aromatic heterocycles. The third-order valence-electron chi connectivity index (χ3n) is 5.20. The quantitative estimate of drug-likeness (QED) is 0.279. The lowest BCUT2D eigenvalue weighted by atomic mass is 10.1. The highest BCUT2D eigenvalue weighted by atomic mass is 35.5. The van der Waals surface area contributed by atoms with Gasteiger partial charge >= 0.3 is 0 Å². The Balaban J connectivity index is 1.53. The van der Waals surface area contributed by atoms with Crippen LogP contribution in [0, 0.1) is 0 Å². The summed E-state index contributed by atoms with van der Waals surface area (Å²) < 4.78 is 26.3. The van der Waals surface area contributed by atoms with Crippen molar-refractivity contribution in [3.05, 3.63) is 119 Å². The van der Waals surface area contributed by atoms with Crippen molar-refractivity contribution >= 4 is 50.7 Å². The molecule has 0 saturated heterocycles. The molecule has 0 unspecified atom stereocenters. The zero-order valence-corrected chi connectivity index (χ0v) is 21.3. The molecule has 1 amide bonds. The highest BCUT2D eigenvalue weighted by Crippen LogP contribution is 2.33. The minimum atomic E-state index is -3.58. The second kappa shape index (κ2) is 11.0. The lowest BCUT2D eigenvalue weighted by Crippen LogP contribution is -2.29. The minimum Gasteiger partial charge on any atom is -0.321 e. The highest BCUT2D eigenvalue weighted by Gasteiger charge is 2.20. The molecule has 0 spiro atoms. The van der Waals surface area contributed by atoms with Crippen molar-refractivity contribution in [2.24, 2.45) is 0 Å². The SMILES string of the molecule is CS(=O)(=O)N(Cc1ccccc1Cl)c1ccc(C(=O)Nc2ccccc2Sc2ccccc2)cc1. The van der Waals surface area contributed by atoms with E-state index in [-0.39, 0.29) is 12.5 Å². The number of anilines is 2. The van der Waals surface area contributed by atoms with E-state index in [0.717, 1.165) is 16.0 Å². The molecule has 0 saturated carbocycles. The van der Waals surface area contributed by atoms with Gasteiger partial charge < -0.3 is 5.32 Å². The molecule has 0 bridgehead atoms. The molecule has 4 rings (SSSR count). The van der Waals surface area contributed by atoms with Crippen molar-refractivity contribution in [1.82, 2.24) is 0 Å². The molecule has 5 nitrogen and oxygen atoms in total. The van der Waals surface area contributed by atoms with Crippen LogP contribution in [-0.2, 0) is 16.6 Å². The number of para-hydroxylation sites is 1. The third kappa shape index (κ3) is 6.45. The maximum Gasteiger partial charge on any atom is 0.255 e. The Bertz CT molecular complexity index is 1430. The number of halogens is 1. The molecule has 8 heteroatoms. The first-order valence-corrected chi connectivity index (χ1v) is 13.8. The van der Waals surface area contributed by atoms with Crippen molar-refractivity contribution in [2.75, 3.05) is 15.9 Å². The highest BCUT2D eigenvalue weighted by molar-refractivity contribution is 7.99. The van der Waals surface area contributed by atoms with Crippen LogP contribution in [0.5, 0.6) is 0 Å². The minimum absolute atomic E-state index is 0.0914. The van der Waals surface area contributed by atoms with E-state index >= 15 is 0 Å². The molecule has 0 fully saturated rings. The Hall–Kier alpha value is -3.26. The molecule has 4 aromatic carbocycles. The van der Waals surface area contributed by atoms with Gasteiger partial charge in [0.1, 0.15) is 0 Å². The number of carbonyl (C=O) groups is 1. The van der Waals surface area contributed by atoms with Crippen LogP contribution in [0.3, 0.4) is 0 Å². The molecular formula is C27H23ClN2O3S2. The Morgan fingerprint density at radius 2 is 1.49 bits per heavy atom. The van der Waals surface area contributed by atoms with Crippen LogP contribution in [0.25, 0.3) is 0 Å². The Morgan fingerprint density at radius 1 is 0.857 bits per heavy atom. The van der Waals surface area contributed by atoms with E-state index in [0.29, 0.717) is 27.5 Å². The molecule has 0 aliphatic heterocycles. The molecule has 0 atom stereocenters. The van der Waals surface area contributed by atoms with Gasteiger partial charge in [-0.2, -0.15) is 0 Å². The number of benzene rings is 4. The Morgan fingerprint density at radius 3 is 2.17 bits per heavy atom. The fraction of sp³-hybridized carbons (Fsp3) is 0.0741. The van der Waals surface area contributed by atoms with Crippen molar-refractivity contribution < 1.29 is 13.2 Å². The van der Waals surface area contributed by atoms with Gasteiger partial charge in [0.25, 0.3) is 5.91 Å². The second-order valence-corrected chi connectivity index (χ2v) is 11.2. The van der Waals surface area contributed by atoms with E-state index in [1.165, 1.54) is 4.31 Å². The van der Waals surface area contributed by atoms with Crippen LogP contribution >= 0.6 is 23.4 Å². The van der Waals surface area contributed by atoms with Gasteiger partial charge in [-0.1, -0.05) is 71.9 Å². The maximum absolute atomic E-state index is 13.0. The predicted molar refractivity (Wildman–Crippen MR) is 144 cm³/mol. The van der Waals surface area contributed by atoms with Crippen molar-refractivity contribution in [3.8, 4) is 0 Å². The van der Waals surface area contributed by atoms with Gasteiger partial charge in [-0.25, -0.2) is 8.42 Å². The van der Waals surface area contributed by atoms with Gasteiger partial charge in [0, 0.05) is 20.4 Å². The summed E-state index contributed by atoms with van der Waals surface area (Å²) >= 11 is 7.80. The molecule has 0 aliphatic rings. The van der Waals surface area contributed by atoms with Crippen molar-refractivity contribution in [3.63, 3.8) is 0 Å². The summed E-state index contributed by atoms with van der Waals surface area (Å²) in [5, 5.41) is 3.45. The van der Waals surface area contributed by atoms with E-state index in [2.05, 4.69) is 5.32 Å². The number of rotatable bonds is 8. The van der Waals surface area contributed by atoms with E-state index in [4.69, 9.17) is 11.6 Å². The fourth-order valence-electron chi connectivity index (χ4n) is 3.43. The number of hydrogen-bond acceptors (Lipinski definition) is 4. The first-order valence-electron chi connectivity index (χ1n) is 10.8. The largest absolute Gasteiger partial charge is 0.321 e. The molecule has 4 aromatic rings. The van der Waals surface area contributed by atoms with Crippen LogP contribution < -0.4 is 9.62 Å². The van der Waals surface area contributed by atoms with Gasteiger partial charge in [-0.3, -0.25) is 9.10 Å². The van der Waals surface area contributed by atoms with Gasteiger partial charge in [-0.15, -0.1) is 0 Å². The van der Waals surface area contributed by atoms with E-state index in [1.54, 1.807) is 54.2 Å². The summed E-state index contributed by atoms with van der Waals surface area (Å²) in [6.45, 7) is 0.0914. The van der Waals surface area contributed by atoms with Crippen LogP contribution in [0.4, 0.5) is 11.4 Å². The number of nitrogens with one attached hydrogen (secondary N) is 1. The lowest BCUT2D eigenvalue weighted by Gasteiger charge is -2.23. The first kappa shape index (κ1) is 24.9. The van der Waals surface area contributed by atoms with Gasteiger partial charge in [-0.05, 0) is 60.2 Å². The molecule has 0 radical (unpaired) electrons. The number of hydrogen-bond donors (Lipinski definition) is 1. The zero-order valence-electron chi connectivity index (χ0n) is 18.9. The molecule has 35 heavy (non-hydrogen) atoms. The van der Waals surface area contributed by atoms with E-state index < -0.39 is 10.0 Å². The van der Waals surface area contributed by atoms with Crippen LogP contribution in [0.15, 0.2) is 113 Å². The average molecular weight is 523 g/mol. The standard InChI is InChI=1S/C27H23ClN2O3S2/c1-35(32,33)30(19-21-9-5-6-12-24(21)28)22-17-15-20(16-18-22)27(31)29-25-13-7-8-14-26(25)34-23-10-3-2-4-11-23/h2-18H,19H2,1H3,(H,29,31). The van der Waals surface area contributed by atoms with Crippen molar-refractivity contribution in [2.45, 2.75) is 16.3 Å². The summed E-state index contributed by atoms with van der Waals surface area (Å²) in [6.07, 6.45) is 1.14. The summed E-state index contributed by atoms with van der Waals surface area (Å²) in [6, 6.07) is 31.1. The van der Waals surface area contributed by atoms with Crippen molar-refractivity contribution in [1.29, 1.82) is 0 Å². The normalized spacial score (nSPS) is 11.1. The average Bonchev–Trinajstić information content (AvgIpc) is 2.85.